The number of carbonyl (C=O) groups excluding carboxylic acids is 1. The molecule has 0 spiro atoms. The van der Waals surface area contributed by atoms with E-state index >= 15 is 0 Å². The van der Waals surface area contributed by atoms with Gasteiger partial charge in [-0.2, -0.15) is 0 Å². The summed E-state index contributed by atoms with van der Waals surface area (Å²) in [7, 11) is 1.60. The number of aryl methyl sites for hydroxylation is 1. The van der Waals surface area contributed by atoms with Gasteiger partial charge in [0.2, 0.25) is 0 Å². The molecule has 0 bridgehead atoms. The van der Waals surface area contributed by atoms with E-state index in [4.69, 9.17) is 9.47 Å². The first-order valence-electron chi connectivity index (χ1n) is 6.07. The fraction of sp³-hybridized carbons (Fsp3) is 0.357. The first-order chi connectivity index (χ1) is 9.17. The third-order valence-corrected chi connectivity index (χ3v) is 2.37. The Labute approximate surface area is 113 Å². The lowest BCUT2D eigenvalue weighted by molar-refractivity contribution is 0.236. The SMILES string of the molecule is C=CCNC(=O)NCCOc1ccc(C)cc1OC. The maximum atomic E-state index is 11.2. The first kappa shape index (κ1) is 14.9. The zero-order valence-electron chi connectivity index (χ0n) is 11.4. The molecule has 104 valence electrons. The van der Waals surface area contributed by atoms with Gasteiger partial charge in [-0.05, 0) is 24.6 Å². The Balaban J connectivity index is 2.33. The van der Waals surface area contributed by atoms with Crippen LogP contribution in [0.25, 0.3) is 0 Å². The second-order valence-corrected chi connectivity index (χ2v) is 3.93. The molecule has 1 aromatic rings. The number of amides is 2. The fourth-order valence-corrected chi connectivity index (χ4v) is 1.45. The van der Waals surface area contributed by atoms with Crippen molar-refractivity contribution in [1.82, 2.24) is 10.6 Å². The summed E-state index contributed by atoms with van der Waals surface area (Å²) in [6.45, 7) is 6.73. The molecule has 0 unspecified atom stereocenters. The van der Waals surface area contributed by atoms with Crippen LogP contribution in [0.3, 0.4) is 0 Å². The Bertz CT molecular complexity index is 433. The van der Waals surface area contributed by atoms with Gasteiger partial charge in [-0.3, -0.25) is 0 Å². The predicted molar refractivity (Wildman–Crippen MR) is 74.8 cm³/mol. The van der Waals surface area contributed by atoms with Gasteiger partial charge in [-0.15, -0.1) is 6.58 Å². The van der Waals surface area contributed by atoms with E-state index in [0.717, 1.165) is 5.56 Å². The van der Waals surface area contributed by atoms with Crippen LogP contribution in [-0.4, -0.2) is 32.8 Å². The van der Waals surface area contributed by atoms with Crippen LogP contribution in [0, 0.1) is 6.92 Å². The number of nitrogens with one attached hydrogen (secondary N) is 2. The Morgan fingerprint density at radius 2 is 2.16 bits per heavy atom. The minimum Gasteiger partial charge on any atom is -0.493 e. The highest BCUT2D eigenvalue weighted by molar-refractivity contribution is 5.73. The minimum atomic E-state index is -0.237. The van der Waals surface area contributed by atoms with Crippen molar-refractivity contribution >= 4 is 6.03 Å². The fourth-order valence-electron chi connectivity index (χ4n) is 1.45. The molecule has 2 amide bonds. The molecule has 0 aromatic heterocycles. The average molecular weight is 264 g/mol. The van der Waals surface area contributed by atoms with Crippen molar-refractivity contribution in [2.45, 2.75) is 6.92 Å². The summed E-state index contributed by atoms with van der Waals surface area (Å²) < 4.78 is 10.8. The van der Waals surface area contributed by atoms with Gasteiger partial charge in [0.15, 0.2) is 11.5 Å². The van der Waals surface area contributed by atoms with E-state index in [2.05, 4.69) is 17.2 Å². The van der Waals surface area contributed by atoms with E-state index < -0.39 is 0 Å². The second-order valence-electron chi connectivity index (χ2n) is 3.93. The lowest BCUT2D eigenvalue weighted by Gasteiger charge is -2.11. The summed E-state index contributed by atoms with van der Waals surface area (Å²) in [5, 5.41) is 5.29. The standard InChI is InChI=1S/C14H20N2O3/c1-4-7-15-14(17)16-8-9-19-12-6-5-11(2)10-13(12)18-3/h4-6,10H,1,7-9H2,2-3H3,(H2,15,16,17). The van der Waals surface area contributed by atoms with Crippen LogP contribution in [0.15, 0.2) is 30.9 Å². The van der Waals surface area contributed by atoms with Crippen molar-refractivity contribution in [3.8, 4) is 11.5 Å². The molecule has 0 heterocycles. The molecule has 0 aliphatic heterocycles. The number of rotatable bonds is 7. The van der Waals surface area contributed by atoms with Crippen LogP contribution < -0.4 is 20.1 Å². The second kappa shape index (κ2) is 8.02. The van der Waals surface area contributed by atoms with Crippen molar-refractivity contribution in [2.75, 3.05) is 26.8 Å². The predicted octanol–water partition coefficient (Wildman–Crippen LogP) is 1.87. The van der Waals surface area contributed by atoms with Crippen LogP contribution in [0.1, 0.15) is 5.56 Å². The monoisotopic (exact) mass is 264 g/mol. The molecule has 1 rings (SSSR count). The molecule has 5 heteroatoms. The summed E-state index contributed by atoms with van der Waals surface area (Å²) in [5.41, 5.74) is 1.10. The molecule has 0 saturated heterocycles. The van der Waals surface area contributed by atoms with Gasteiger partial charge in [-0.25, -0.2) is 4.79 Å². The molecular formula is C14H20N2O3. The molecule has 0 aliphatic rings. The summed E-state index contributed by atoms with van der Waals surface area (Å²) in [5.74, 6) is 1.36. The number of benzene rings is 1. The van der Waals surface area contributed by atoms with Gasteiger partial charge in [0.1, 0.15) is 6.61 Å². The molecule has 0 atom stereocenters. The van der Waals surface area contributed by atoms with Gasteiger partial charge in [0, 0.05) is 6.54 Å². The third kappa shape index (κ3) is 5.33. The maximum Gasteiger partial charge on any atom is 0.315 e. The molecule has 0 saturated carbocycles. The molecular weight excluding hydrogens is 244 g/mol. The number of ether oxygens (including phenoxy) is 2. The van der Waals surface area contributed by atoms with Gasteiger partial charge < -0.3 is 20.1 Å². The lowest BCUT2D eigenvalue weighted by Crippen LogP contribution is -2.37. The average Bonchev–Trinajstić information content (AvgIpc) is 2.42. The molecule has 0 fully saturated rings. The van der Waals surface area contributed by atoms with Crippen molar-refractivity contribution in [1.29, 1.82) is 0 Å². The topological polar surface area (TPSA) is 59.6 Å². The van der Waals surface area contributed by atoms with Crippen LogP contribution in [0.5, 0.6) is 11.5 Å². The maximum absolute atomic E-state index is 11.2. The zero-order chi connectivity index (χ0) is 14.1. The molecule has 0 aliphatic carbocycles. The van der Waals surface area contributed by atoms with Gasteiger partial charge in [0.05, 0.1) is 13.7 Å². The first-order valence-corrected chi connectivity index (χ1v) is 6.07. The minimum absolute atomic E-state index is 0.237. The molecule has 2 N–H and O–H groups in total. The number of urea groups is 1. The van der Waals surface area contributed by atoms with E-state index in [1.54, 1.807) is 13.2 Å². The molecule has 5 nitrogen and oxygen atoms in total. The van der Waals surface area contributed by atoms with Crippen molar-refractivity contribution < 1.29 is 14.3 Å². The number of hydrogen-bond acceptors (Lipinski definition) is 3. The highest BCUT2D eigenvalue weighted by atomic mass is 16.5. The van der Waals surface area contributed by atoms with Gasteiger partial charge >= 0.3 is 6.03 Å². The van der Waals surface area contributed by atoms with Crippen LogP contribution >= 0.6 is 0 Å². The largest absolute Gasteiger partial charge is 0.493 e. The number of methoxy groups -OCH3 is 1. The zero-order valence-corrected chi connectivity index (χ0v) is 11.4. The summed E-state index contributed by atoms with van der Waals surface area (Å²) in [6.07, 6.45) is 1.62. The van der Waals surface area contributed by atoms with Crippen LogP contribution in [0.4, 0.5) is 4.79 Å². The Hall–Kier alpha value is -2.17. The quantitative estimate of drug-likeness (QED) is 0.584. The van der Waals surface area contributed by atoms with E-state index in [0.29, 0.717) is 31.2 Å². The van der Waals surface area contributed by atoms with Gasteiger partial charge in [-0.1, -0.05) is 12.1 Å². The van der Waals surface area contributed by atoms with Crippen molar-refractivity contribution in [3.63, 3.8) is 0 Å². The number of carbonyl (C=O) groups is 1. The summed E-state index contributed by atoms with van der Waals surface area (Å²) >= 11 is 0. The summed E-state index contributed by atoms with van der Waals surface area (Å²) in [4.78, 5) is 11.2. The van der Waals surface area contributed by atoms with E-state index in [-0.39, 0.29) is 6.03 Å². The van der Waals surface area contributed by atoms with Crippen LogP contribution in [-0.2, 0) is 0 Å². The number of hydrogen-bond donors (Lipinski definition) is 2. The Morgan fingerprint density at radius 1 is 1.37 bits per heavy atom. The van der Waals surface area contributed by atoms with Crippen molar-refractivity contribution in [3.05, 3.63) is 36.4 Å². The van der Waals surface area contributed by atoms with E-state index in [9.17, 15) is 4.79 Å². The molecule has 19 heavy (non-hydrogen) atoms. The lowest BCUT2D eigenvalue weighted by atomic mass is 10.2. The van der Waals surface area contributed by atoms with Crippen LogP contribution in [0.2, 0.25) is 0 Å². The van der Waals surface area contributed by atoms with Gasteiger partial charge in [0.25, 0.3) is 0 Å². The van der Waals surface area contributed by atoms with E-state index in [1.165, 1.54) is 0 Å². The highest BCUT2D eigenvalue weighted by Gasteiger charge is 2.04. The highest BCUT2D eigenvalue weighted by Crippen LogP contribution is 2.27. The summed E-state index contributed by atoms with van der Waals surface area (Å²) in [6, 6.07) is 5.47. The Morgan fingerprint density at radius 3 is 2.84 bits per heavy atom. The third-order valence-electron chi connectivity index (χ3n) is 2.37. The Kier molecular flexibility index (Phi) is 6.29. The smallest absolute Gasteiger partial charge is 0.315 e. The van der Waals surface area contributed by atoms with Crippen molar-refractivity contribution in [2.24, 2.45) is 0 Å². The normalized spacial score (nSPS) is 9.58. The molecule has 0 radical (unpaired) electrons. The van der Waals surface area contributed by atoms with E-state index in [1.807, 2.05) is 25.1 Å². The molecule has 1 aromatic carbocycles.